The van der Waals surface area contributed by atoms with Crippen LogP contribution in [0.15, 0.2) is 78.8 Å². The fourth-order valence-corrected chi connectivity index (χ4v) is 6.35. The van der Waals surface area contributed by atoms with Gasteiger partial charge >= 0.3 is 6.03 Å². The molecule has 10 nitrogen and oxygen atoms in total. The lowest BCUT2D eigenvalue weighted by molar-refractivity contribution is 0.0493. The standard InChI is InChI=1S/C34H42FN5O5/c1-3-26(6-4-5-17-35)31-24-39(28-15-20-44-21-16-28)34(42)40(31)29-13-18-38(19-14-29)23-25-7-12-32(36-22-25)45-30-10-8-27(9-11-30)33(41)37-43-2/h3-12,17,22,28-29,31H,13-16,18-21,23-24H2,1-2H3,(H,37,41)/b6-4-,17-5+,26-3+/t31-/m0/s1. The van der Waals surface area contributed by atoms with Crippen LogP contribution in [0, 0.1) is 0 Å². The summed E-state index contributed by atoms with van der Waals surface area (Å²) in [6.07, 6.45) is 12.8. The molecular weight excluding hydrogens is 577 g/mol. The Labute approximate surface area is 264 Å². The monoisotopic (exact) mass is 619 g/mol. The summed E-state index contributed by atoms with van der Waals surface area (Å²) < 4.78 is 24.1. The molecule has 0 spiro atoms. The molecular formula is C34H42FN5O5. The number of hydroxylamine groups is 1. The van der Waals surface area contributed by atoms with Gasteiger partial charge in [-0.25, -0.2) is 19.6 Å². The van der Waals surface area contributed by atoms with Crippen LogP contribution in [-0.2, 0) is 16.1 Å². The number of nitrogens with zero attached hydrogens (tertiary/aromatic N) is 4. The smallest absolute Gasteiger partial charge is 0.321 e. The lowest BCUT2D eigenvalue weighted by Crippen LogP contribution is -2.50. The molecule has 0 unspecified atom stereocenters. The summed E-state index contributed by atoms with van der Waals surface area (Å²) in [5, 5.41) is 0. The zero-order chi connectivity index (χ0) is 31.6. The molecule has 3 aliphatic rings. The highest BCUT2D eigenvalue weighted by Crippen LogP contribution is 2.33. The molecule has 4 heterocycles. The molecule has 3 amide bonds. The largest absolute Gasteiger partial charge is 0.439 e. The second kappa shape index (κ2) is 15.8. The van der Waals surface area contributed by atoms with E-state index in [4.69, 9.17) is 9.47 Å². The first kappa shape index (κ1) is 32.3. The van der Waals surface area contributed by atoms with Gasteiger partial charge in [-0.3, -0.25) is 14.5 Å². The molecule has 1 aromatic carbocycles. The minimum atomic E-state index is -0.332. The SMILES string of the molecule is C\C=C(/C=C\C=C\F)[C@@H]1CN(C2CCOCC2)C(=O)N1C1CCN(Cc2ccc(Oc3ccc(C(=O)NOC)cc3)nc2)CC1. The van der Waals surface area contributed by atoms with Crippen molar-refractivity contribution < 1.29 is 28.3 Å². The molecule has 5 rings (SSSR count). The van der Waals surface area contributed by atoms with Crippen molar-refractivity contribution in [2.45, 2.75) is 57.3 Å². The summed E-state index contributed by atoms with van der Waals surface area (Å²) in [4.78, 5) is 41.4. The van der Waals surface area contributed by atoms with E-state index in [1.165, 1.54) is 13.2 Å². The van der Waals surface area contributed by atoms with E-state index in [1.54, 1.807) is 30.3 Å². The van der Waals surface area contributed by atoms with Crippen molar-refractivity contribution in [2.75, 3.05) is 40.0 Å². The third-order valence-corrected chi connectivity index (χ3v) is 8.68. The number of likely N-dealkylation sites (tertiary alicyclic amines) is 1. The van der Waals surface area contributed by atoms with Crippen LogP contribution in [0.5, 0.6) is 11.6 Å². The molecule has 240 valence electrons. The molecule has 3 saturated heterocycles. The van der Waals surface area contributed by atoms with Crippen LogP contribution in [-0.4, -0.2) is 89.7 Å². The Morgan fingerprint density at radius 3 is 2.47 bits per heavy atom. The third-order valence-electron chi connectivity index (χ3n) is 8.68. The number of allylic oxidation sites excluding steroid dienone is 3. The number of urea groups is 1. The van der Waals surface area contributed by atoms with Gasteiger partial charge in [-0.15, -0.1) is 0 Å². The first-order valence-corrected chi connectivity index (χ1v) is 15.6. The van der Waals surface area contributed by atoms with E-state index in [-0.39, 0.29) is 30.1 Å². The molecule has 2 aromatic rings. The van der Waals surface area contributed by atoms with Gasteiger partial charge in [0.05, 0.1) is 19.5 Å². The third kappa shape index (κ3) is 8.16. The summed E-state index contributed by atoms with van der Waals surface area (Å²) in [5.74, 6) is 0.712. The second-order valence-corrected chi connectivity index (χ2v) is 11.4. The first-order chi connectivity index (χ1) is 22.0. The predicted molar refractivity (Wildman–Crippen MR) is 168 cm³/mol. The number of carbonyl (C=O) groups excluding carboxylic acids is 2. The van der Waals surface area contributed by atoms with Gasteiger partial charge in [0.25, 0.3) is 5.91 Å². The van der Waals surface area contributed by atoms with Gasteiger partial charge in [0.15, 0.2) is 0 Å². The van der Waals surface area contributed by atoms with Gasteiger partial charge in [-0.1, -0.05) is 24.3 Å². The fraction of sp³-hybridized carbons (Fsp3) is 0.441. The maximum Gasteiger partial charge on any atom is 0.321 e. The number of halogens is 1. The van der Waals surface area contributed by atoms with Gasteiger partial charge in [0.1, 0.15) is 5.75 Å². The molecule has 45 heavy (non-hydrogen) atoms. The van der Waals surface area contributed by atoms with Gasteiger partial charge < -0.3 is 19.3 Å². The molecule has 3 aliphatic heterocycles. The number of rotatable bonds is 11. The number of piperidine rings is 1. The van der Waals surface area contributed by atoms with E-state index < -0.39 is 0 Å². The summed E-state index contributed by atoms with van der Waals surface area (Å²) in [6.45, 7) is 6.47. The van der Waals surface area contributed by atoms with E-state index >= 15 is 0 Å². The van der Waals surface area contributed by atoms with Crippen molar-refractivity contribution in [1.82, 2.24) is 25.2 Å². The Bertz CT molecular complexity index is 1370. The Kier molecular flexibility index (Phi) is 11.3. The van der Waals surface area contributed by atoms with Crippen molar-refractivity contribution in [3.05, 3.63) is 89.9 Å². The van der Waals surface area contributed by atoms with Crippen molar-refractivity contribution in [2.24, 2.45) is 0 Å². The topological polar surface area (TPSA) is 96.5 Å². The lowest BCUT2D eigenvalue weighted by Gasteiger charge is -2.39. The lowest BCUT2D eigenvalue weighted by atomic mass is 9.98. The minimum absolute atomic E-state index is 0.0679. The normalized spacial score (nSPS) is 20.9. The van der Waals surface area contributed by atoms with Crippen LogP contribution in [0.2, 0.25) is 0 Å². The number of nitrogens with one attached hydrogen (secondary N) is 1. The van der Waals surface area contributed by atoms with Gasteiger partial charge in [0, 0.05) is 69.3 Å². The molecule has 1 aromatic heterocycles. The molecule has 11 heteroatoms. The number of amides is 3. The summed E-state index contributed by atoms with van der Waals surface area (Å²) >= 11 is 0. The minimum Gasteiger partial charge on any atom is -0.439 e. The summed E-state index contributed by atoms with van der Waals surface area (Å²) in [5.41, 5.74) is 4.85. The number of ether oxygens (including phenoxy) is 2. The number of pyridine rings is 1. The number of benzene rings is 1. The predicted octanol–water partition coefficient (Wildman–Crippen LogP) is 5.40. The van der Waals surface area contributed by atoms with Crippen LogP contribution in [0.25, 0.3) is 0 Å². The maximum absolute atomic E-state index is 13.9. The van der Waals surface area contributed by atoms with Gasteiger partial charge in [-0.2, -0.15) is 0 Å². The average molecular weight is 620 g/mol. The summed E-state index contributed by atoms with van der Waals surface area (Å²) in [7, 11) is 1.39. The van der Waals surface area contributed by atoms with Crippen molar-refractivity contribution in [1.29, 1.82) is 0 Å². The van der Waals surface area contributed by atoms with Gasteiger partial charge in [-0.05, 0) is 74.1 Å². The van der Waals surface area contributed by atoms with Crippen molar-refractivity contribution in [3.8, 4) is 11.6 Å². The van der Waals surface area contributed by atoms with E-state index in [0.717, 1.165) is 56.5 Å². The van der Waals surface area contributed by atoms with E-state index in [9.17, 15) is 14.0 Å². The zero-order valence-electron chi connectivity index (χ0n) is 25.9. The van der Waals surface area contributed by atoms with Crippen molar-refractivity contribution >= 4 is 11.9 Å². The highest BCUT2D eigenvalue weighted by atomic mass is 19.1. The molecule has 0 bridgehead atoms. The van der Waals surface area contributed by atoms with E-state index in [1.807, 2.05) is 42.3 Å². The second-order valence-electron chi connectivity index (χ2n) is 11.4. The van der Waals surface area contributed by atoms with E-state index in [0.29, 0.717) is 43.3 Å². The molecule has 0 aliphatic carbocycles. The zero-order valence-corrected chi connectivity index (χ0v) is 25.9. The first-order valence-electron chi connectivity index (χ1n) is 15.6. The highest BCUT2D eigenvalue weighted by Gasteiger charge is 2.45. The Morgan fingerprint density at radius 2 is 1.82 bits per heavy atom. The van der Waals surface area contributed by atoms with Gasteiger partial charge in [0.2, 0.25) is 5.88 Å². The van der Waals surface area contributed by atoms with Crippen LogP contribution < -0.4 is 10.2 Å². The number of hydrogen-bond donors (Lipinski definition) is 1. The number of hydrogen-bond acceptors (Lipinski definition) is 7. The van der Waals surface area contributed by atoms with Crippen molar-refractivity contribution in [3.63, 3.8) is 0 Å². The Hall–Kier alpha value is -4.06. The highest BCUT2D eigenvalue weighted by molar-refractivity contribution is 5.93. The molecule has 3 fully saturated rings. The van der Waals surface area contributed by atoms with Crippen LogP contribution in [0.4, 0.5) is 9.18 Å². The van der Waals surface area contributed by atoms with Crippen LogP contribution >= 0.6 is 0 Å². The van der Waals surface area contributed by atoms with E-state index in [2.05, 4.69) is 25.1 Å². The molecule has 0 radical (unpaired) electrons. The maximum atomic E-state index is 13.9. The average Bonchev–Trinajstić information content (AvgIpc) is 3.41. The number of carbonyl (C=O) groups is 2. The summed E-state index contributed by atoms with van der Waals surface area (Å²) in [6, 6.07) is 10.9. The quantitative estimate of drug-likeness (QED) is 0.266. The fourth-order valence-electron chi connectivity index (χ4n) is 6.35. The Balaban J connectivity index is 1.18. The molecule has 1 atom stereocenters. The Morgan fingerprint density at radius 1 is 1.07 bits per heavy atom. The molecule has 1 N–H and O–H groups in total. The van der Waals surface area contributed by atoms with Crippen LogP contribution in [0.1, 0.15) is 48.5 Å². The van der Waals surface area contributed by atoms with Crippen LogP contribution in [0.3, 0.4) is 0 Å². The number of aromatic nitrogens is 1. The molecule has 0 saturated carbocycles.